The summed E-state index contributed by atoms with van der Waals surface area (Å²) >= 11 is 0. The standard InChI is InChI=1S/C24H26N4O2/c1-14-9-15(2)26-24(18(14)11-25)28-12-19(17-3-4-20-21(10-17)30-13-29-20)23-22(28)16-5-7-27(23)8-6-16/h3-4,9-10,16,19,22-23H,5-8,12-13H2,1-2H3/t19-,22+,23+/m1/s1. The van der Waals surface area contributed by atoms with Gasteiger partial charge in [-0.3, -0.25) is 4.90 Å². The molecule has 5 aliphatic heterocycles. The predicted molar refractivity (Wildman–Crippen MR) is 113 cm³/mol. The van der Waals surface area contributed by atoms with Crippen LogP contribution >= 0.6 is 0 Å². The number of nitrogens with zero attached hydrogens (tertiary/aromatic N) is 4. The maximum absolute atomic E-state index is 9.91. The van der Waals surface area contributed by atoms with Gasteiger partial charge in [0.15, 0.2) is 11.5 Å². The normalized spacial score (nSPS) is 31.0. The van der Waals surface area contributed by atoms with Gasteiger partial charge >= 0.3 is 0 Å². The van der Waals surface area contributed by atoms with Gasteiger partial charge in [0.1, 0.15) is 11.9 Å². The topological polar surface area (TPSA) is 61.6 Å². The molecule has 0 radical (unpaired) electrons. The van der Waals surface area contributed by atoms with Gasteiger partial charge in [-0.2, -0.15) is 5.26 Å². The minimum atomic E-state index is 0.299. The first kappa shape index (κ1) is 18.0. The van der Waals surface area contributed by atoms with Crippen LogP contribution in [0.2, 0.25) is 0 Å². The molecule has 154 valence electrons. The molecule has 0 spiro atoms. The molecular weight excluding hydrogens is 376 g/mol. The maximum Gasteiger partial charge on any atom is 0.231 e. The third-order valence-corrected chi connectivity index (χ3v) is 7.53. The molecular formula is C24H26N4O2. The molecule has 4 fully saturated rings. The van der Waals surface area contributed by atoms with Gasteiger partial charge in [-0.05, 0) is 75.0 Å². The highest BCUT2D eigenvalue weighted by atomic mass is 16.7. The van der Waals surface area contributed by atoms with Crippen molar-refractivity contribution in [2.24, 2.45) is 5.92 Å². The Bertz CT molecular complexity index is 1050. The van der Waals surface area contributed by atoms with Gasteiger partial charge in [-0.15, -0.1) is 0 Å². The zero-order valence-corrected chi connectivity index (χ0v) is 17.5. The van der Waals surface area contributed by atoms with Crippen LogP contribution in [-0.4, -0.2) is 48.4 Å². The lowest BCUT2D eigenvalue weighted by atomic mass is 9.75. The van der Waals surface area contributed by atoms with E-state index in [1.54, 1.807) is 0 Å². The Kier molecular flexibility index (Phi) is 3.97. The summed E-state index contributed by atoms with van der Waals surface area (Å²) in [5.74, 6) is 3.58. The minimum Gasteiger partial charge on any atom is -0.454 e. The summed E-state index contributed by atoms with van der Waals surface area (Å²) in [6.07, 6.45) is 2.47. The van der Waals surface area contributed by atoms with Crippen LogP contribution in [0.25, 0.3) is 0 Å². The number of aromatic nitrogens is 1. The van der Waals surface area contributed by atoms with E-state index >= 15 is 0 Å². The quantitative estimate of drug-likeness (QED) is 0.768. The van der Waals surface area contributed by atoms with E-state index in [-0.39, 0.29) is 0 Å². The van der Waals surface area contributed by atoms with Crippen LogP contribution in [0.3, 0.4) is 0 Å². The molecule has 6 heteroatoms. The number of pyridine rings is 1. The van der Waals surface area contributed by atoms with E-state index in [1.807, 2.05) is 26.0 Å². The van der Waals surface area contributed by atoms with Crippen molar-refractivity contribution in [3.63, 3.8) is 0 Å². The average molecular weight is 402 g/mol. The Labute approximate surface area is 177 Å². The molecule has 30 heavy (non-hydrogen) atoms. The maximum atomic E-state index is 9.91. The van der Waals surface area contributed by atoms with Crippen LogP contribution in [0.5, 0.6) is 11.5 Å². The van der Waals surface area contributed by atoms with Crippen molar-refractivity contribution in [3.8, 4) is 17.6 Å². The molecule has 6 nitrogen and oxygen atoms in total. The fraction of sp³-hybridized carbons (Fsp3) is 0.500. The van der Waals surface area contributed by atoms with E-state index in [4.69, 9.17) is 14.5 Å². The van der Waals surface area contributed by atoms with E-state index in [0.29, 0.717) is 30.7 Å². The molecule has 1 aromatic carbocycles. The molecule has 0 N–H and O–H groups in total. The van der Waals surface area contributed by atoms with E-state index in [1.165, 1.54) is 31.5 Å². The smallest absolute Gasteiger partial charge is 0.231 e. The SMILES string of the molecule is Cc1cc(C)c(C#N)c(N2C[C@H](c3ccc4c(c3)OCO4)[C@H]3[C@@H]2C2CCN3CC2)n1. The number of fused-ring (bicyclic) bond motifs is 3. The van der Waals surface area contributed by atoms with Crippen molar-refractivity contribution in [3.05, 3.63) is 46.6 Å². The summed E-state index contributed by atoms with van der Waals surface area (Å²) in [6, 6.07) is 11.7. The predicted octanol–water partition coefficient (Wildman–Crippen LogP) is 3.37. The monoisotopic (exact) mass is 402 g/mol. The summed E-state index contributed by atoms with van der Waals surface area (Å²) in [6.45, 7) is 7.58. The van der Waals surface area contributed by atoms with E-state index in [9.17, 15) is 5.26 Å². The van der Waals surface area contributed by atoms with Crippen LogP contribution in [0, 0.1) is 31.1 Å². The molecule has 4 saturated heterocycles. The van der Waals surface area contributed by atoms with Crippen LogP contribution in [0.1, 0.15) is 41.1 Å². The molecule has 1 aromatic heterocycles. The molecule has 2 aromatic rings. The summed E-state index contributed by atoms with van der Waals surface area (Å²) in [4.78, 5) is 10.0. The minimum absolute atomic E-state index is 0.299. The molecule has 0 aliphatic carbocycles. The van der Waals surface area contributed by atoms with Gasteiger partial charge in [0, 0.05) is 30.2 Å². The van der Waals surface area contributed by atoms with Crippen molar-refractivity contribution in [2.75, 3.05) is 31.3 Å². The first-order valence-corrected chi connectivity index (χ1v) is 10.9. The second kappa shape index (κ2) is 6.61. The Morgan fingerprint density at radius 2 is 1.87 bits per heavy atom. The highest BCUT2D eigenvalue weighted by Crippen LogP contribution is 2.49. The van der Waals surface area contributed by atoms with Gasteiger partial charge in [0.05, 0.1) is 5.56 Å². The van der Waals surface area contributed by atoms with Crippen molar-refractivity contribution < 1.29 is 9.47 Å². The number of ether oxygens (including phenoxy) is 2. The summed E-state index contributed by atoms with van der Waals surface area (Å²) in [5.41, 5.74) is 4.02. The second-order valence-corrected chi connectivity index (χ2v) is 9.12. The zero-order valence-electron chi connectivity index (χ0n) is 17.5. The fourth-order valence-corrected chi connectivity index (χ4v) is 6.26. The molecule has 0 amide bonds. The lowest BCUT2D eigenvalue weighted by Crippen LogP contribution is -2.60. The fourth-order valence-electron chi connectivity index (χ4n) is 6.26. The number of nitriles is 1. The number of rotatable bonds is 2. The summed E-state index contributed by atoms with van der Waals surface area (Å²) in [7, 11) is 0. The van der Waals surface area contributed by atoms with E-state index in [0.717, 1.165) is 40.7 Å². The molecule has 5 aliphatic rings. The second-order valence-electron chi connectivity index (χ2n) is 9.12. The highest BCUT2D eigenvalue weighted by molar-refractivity contribution is 5.61. The summed E-state index contributed by atoms with van der Waals surface area (Å²) in [5, 5.41) is 9.91. The number of hydrogen-bond donors (Lipinski definition) is 0. The van der Waals surface area contributed by atoms with Crippen molar-refractivity contribution in [1.82, 2.24) is 9.88 Å². The Balaban J connectivity index is 1.46. The summed E-state index contributed by atoms with van der Waals surface area (Å²) < 4.78 is 11.2. The van der Waals surface area contributed by atoms with Crippen molar-refractivity contribution in [2.45, 2.75) is 44.7 Å². The van der Waals surface area contributed by atoms with Gasteiger partial charge < -0.3 is 14.4 Å². The van der Waals surface area contributed by atoms with Gasteiger partial charge in [-0.25, -0.2) is 4.98 Å². The number of anilines is 1. The van der Waals surface area contributed by atoms with Gasteiger partial charge in [0.25, 0.3) is 0 Å². The Hall–Kier alpha value is -2.78. The Morgan fingerprint density at radius 1 is 1.07 bits per heavy atom. The van der Waals surface area contributed by atoms with Crippen molar-refractivity contribution in [1.29, 1.82) is 5.26 Å². The lowest BCUT2D eigenvalue weighted by molar-refractivity contribution is 0.0354. The lowest BCUT2D eigenvalue weighted by Gasteiger charge is -2.51. The third-order valence-electron chi connectivity index (χ3n) is 7.53. The molecule has 3 atom stereocenters. The molecule has 6 heterocycles. The van der Waals surface area contributed by atoms with Crippen LogP contribution in [-0.2, 0) is 0 Å². The van der Waals surface area contributed by atoms with Crippen LogP contribution in [0.15, 0.2) is 24.3 Å². The highest BCUT2D eigenvalue weighted by Gasteiger charge is 2.54. The largest absolute Gasteiger partial charge is 0.454 e. The molecule has 0 unspecified atom stereocenters. The molecule has 0 saturated carbocycles. The average Bonchev–Trinajstić information content (AvgIpc) is 3.39. The first-order chi connectivity index (χ1) is 14.6. The molecule has 2 bridgehead atoms. The number of aryl methyl sites for hydroxylation is 2. The van der Waals surface area contributed by atoms with Crippen molar-refractivity contribution >= 4 is 5.82 Å². The number of hydrogen-bond acceptors (Lipinski definition) is 6. The zero-order chi connectivity index (χ0) is 20.4. The Morgan fingerprint density at radius 3 is 2.67 bits per heavy atom. The number of benzene rings is 1. The van der Waals surface area contributed by atoms with Gasteiger partial charge in [0.2, 0.25) is 6.79 Å². The number of piperidine rings is 3. The van der Waals surface area contributed by atoms with E-state index in [2.05, 4.69) is 28.0 Å². The molecule has 7 rings (SSSR count). The first-order valence-electron chi connectivity index (χ1n) is 10.9. The third kappa shape index (κ3) is 2.55. The van der Waals surface area contributed by atoms with Crippen LogP contribution in [0.4, 0.5) is 5.82 Å². The van der Waals surface area contributed by atoms with Gasteiger partial charge in [-0.1, -0.05) is 6.07 Å². The van der Waals surface area contributed by atoms with Crippen LogP contribution < -0.4 is 14.4 Å². The van der Waals surface area contributed by atoms with E-state index < -0.39 is 0 Å².